The van der Waals surface area contributed by atoms with E-state index in [0.29, 0.717) is 35.6 Å². The fraction of sp³-hybridized carbons (Fsp3) is 0.368. The SMILES string of the molecule is O=C(c1cc2c(F)cccc2[nH]1)N1CCc2n[nH]c(C3CCC3)c2C1. The normalized spacial score (nSPS) is 17.6. The van der Waals surface area contributed by atoms with Crippen LogP contribution >= 0.6 is 0 Å². The van der Waals surface area contributed by atoms with Gasteiger partial charge in [-0.25, -0.2) is 4.39 Å². The van der Waals surface area contributed by atoms with E-state index < -0.39 is 0 Å². The molecular weight excluding hydrogens is 319 g/mol. The lowest BCUT2D eigenvalue weighted by Crippen LogP contribution is -2.36. The first-order valence-electron chi connectivity index (χ1n) is 8.83. The van der Waals surface area contributed by atoms with Gasteiger partial charge in [-0.3, -0.25) is 9.89 Å². The summed E-state index contributed by atoms with van der Waals surface area (Å²) in [5, 5.41) is 8.11. The monoisotopic (exact) mass is 338 g/mol. The molecule has 1 aromatic carbocycles. The number of rotatable bonds is 2. The van der Waals surface area contributed by atoms with Crippen LogP contribution in [0.2, 0.25) is 0 Å². The highest BCUT2D eigenvalue weighted by molar-refractivity contribution is 5.98. The second-order valence-corrected chi connectivity index (χ2v) is 7.05. The van der Waals surface area contributed by atoms with Gasteiger partial charge in [0.2, 0.25) is 0 Å². The van der Waals surface area contributed by atoms with Crippen LogP contribution in [0.15, 0.2) is 24.3 Å². The molecule has 3 aromatic rings. The standard InChI is InChI=1S/C19H19FN4O/c20-14-5-2-6-15-12(14)9-17(21-15)19(25)24-8-7-16-13(10-24)18(23-22-16)11-3-1-4-11/h2,5-6,9,11,21H,1,3-4,7-8,10H2,(H,22,23). The highest BCUT2D eigenvalue weighted by Crippen LogP contribution is 2.39. The molecule has 2 aliphatic rings. The number of carbonyl (C=O) groups is 1. The molecular formula is C19H19FN4O. The van der Waals surface area contributed by atoms with Crippen molar-refractivity contribution >= 4 is 16.8 Å². The number of carbonyl (C=O) groups excluding carboxylic acids is 1. The topological polar surface area (TPSA) is 64.8 Å². The summed E-state index contributed by atoms with van der Waals surface area (Å²) in [6, 6.07) is 6.46. The highest BCUT2D eigenvalue weighted by atomic mass is 19.1. The summed E-state index contributed by atoms with van der Waals surface area (Å²) < 4.78 is 13.9. The van der Waals surface area contributed by atoms with E-state index in [1.54, 1.807) is 18.2 Å². The summed E-state index contributed by atoms with van der Waals surface area (Å²) >= 11 is 0. The highest BCUT2D eigenvalue weighted by Gasteiger charge is 2.31. The Kier molecular flexibility index (Phi) is 3.20. The summed E-state index contributed by atoms with van der Waals surface area (Å²) in [6.45, 7) is 1.22. The fourth-order valence-electron chi connectivity index (χ4n) is 3.92. The Morgan fingerprint density at radius 3 is 2.96 bits per heavy atom. The molecule has 2 aromatic heterocycles. The number of halogens is 1. The molecule has 5 nitrogen and oxygen atoms in total. The van der Waals surface area contributed by atoms with Crippen molar-refractivity contribution in [2.45, 2.75) is 38.1 Å². The van der Waals surface area contributed by atoms with Gasteiger partial charge in [0.1, 0.15) is 11.5 Å². The van der Waals surface area contributed by atoms with Gasteiger partial charge in [-0.15, -0.1) is 0 Å². The molecule has 2 N–H and O–H groups in total. The second-order valence-electron chi connectivity index (χ2n) is 7.05. The van der Waals surface area contributed by atoms with E-state index in [9.17, 15) is 9.18 Å². The molecule has 0 bridgehead atoms. The molecule has 0 radical (unpaired) electrons. The van der Waals surface area contributed by atoms with E-state index in [0.717, 1.165) is 12.1 Å². The minimum absolute atomic E-state index is 0.0815. The average Bonchev–Trinajstić information content (AvgIpc) is 3.18. The third kappa shape index (κ3) is 2.27. The molecule has 0 atom stereocenters. The smallest absolute Gasteiger partial charge is 0.270 e. The lowest BCUT2D eigenvalue weighted by atomic mass is 9.81. The minimum atomic E-state index is -0.309. The minimum Gasteiger partial charge on any atom is -0.350 e. The first-order valence-corrected chi connectivity index (χ1v) is 8.83. The Hall–Kier alpha value is -2.63. The molecule has 5 rings (SSSR count). The predicted octanol–water partition coefficient (Wildman–Crippen LogP) is 3.50. The zero-order valence-electron chi connectivity index (χ0n) is 13.8. The van der Waals surface area contributed by atoms with Gasteiger partial charge in [-0.05, 0) is 31.0 Å². The van der Waals surface area contributed by atoms with Crippen molar-refractivity contribution in [3.63, 3.8) is 0 Å². The van der Waals surface area contributed by atoms with Crippen LogP contribution in [0.25, 0.3) is 10.9 Å². The zero-order valence-corrected chi connectivity index (χ0v) is 13.8. The first-order chi connectivity index (χ1) is 12.2. The number of amides is 1. The third-order valence-electron chi connectivity index (χ3n) is 5.59. The average molecular weight is 338 g/mol. The number of nitrogens with one attached hydrogen (secondary N) is 2. The summed E-state index contributed by atoms with van der Waals surface area (Å²) in [7, 11) is 0. The summed E-state index contributed by atoms with van der Waals surface area (Å²) in [5.74, 6) is 0.173. The maximum atomic E-state index is 13.9. The van der Waals surface area contributed by atoms with E-state index in [1.165, 1.54) is 36.6 Å². The molecule has 25 heavy (non-hydrogen) atoms. The Bertz CT molecular complexity index is 969. The van der Waals surface area contributed by atoms with Crippen molar-refractivity contribution < 1.29 is 9.18 Å². The van der Waals surface area contributed by atoms with Gasteiger partial charge < -0.3 is 9.88 Å². The zero-order chi connectivity index (χ0) is 17.0. The van der Waals surface area contributed by atoms with Gasteiger partial charge >= 0.3 is 0 Å². The van der Waals surface area contributed by atoms with Crippen LogP contribution in [0.1, 0.15) is 52.6 Å². The lowest BCUT2D eigenvalue weighted by Gasteiger charge is -2.30. The number of aromatic amines is 2. The van der Waals surface area contributed by atoms with Crippen molar-refractivity contribution in [1.29, 1.82) is 0 Å². The Morgan fingerprint density at radius 1 is 1.32 bits per heavy atom. The number of hydrogen-bond donors (Lipinski definition) is 2. The number of hydrogen-bond acceptors (Lipinski definition) is 2. The van der Waals surface area contributed by atoms with Crippen LogP contribution in [0, 0.1) is 5.82 Å². The maximum absolute atomic E-state index is 13.9. The molecule has 1 fully saturated rings. The van der Waals surface area contributed by atoms with Crippen molar-refractivity contribution in [2.75, 3.05) is 6.54 Å². The van der Waals surface area contributed by atoms with Crippen molar-refractivity contribution in [1.82, 2.24) is 20.1 Å². The largest absolute Gasteiger partial charge is 0.350 e. The van der Waals surface area contributed by atoms with Crippen molar-refractivity contribution in [3.05, 3.63) is 52.7 Å². The van der Waals surface area contributed by atoms with Gasteiger partial charge in [0.05, 0.1) is 5.69 Å². The van der Waals surface area contributed by atoms with E-state index >= 15 is 0 Å². The fourth-order valence-corrected chi connectivity index (χ4v) is 3.92. The maximum Gasteiger partial charge on any atom is 0.270 e. The number of benzene rings is 1. The molecule has 1 saturated carbocycles. The third-order valence-corrected chi connectivity index (χ3v) is 5.59. The van der Waals surface area contributed by atoms with Gasteiger partial charge in [0.15, 0.2) is 0 Å². The second kappa shape index (κ2) is 5.44. The quantitative estimate of drug-likeness (QED) is 0.751. The Balaban J connectivity index is 1.44. The molecule has 0 spiro atoms. The Labute approximate surface area is 144 Å². The molecule has 0 unspecified atom stereocenters. The number of fused-ring (bicyclic) bond motifs is 2. The molecule has 0 saturated heterocycles. The van der Waals surface area contributed by atoms with E-state index in [-0.39, 0.29) is 11.7 Å². The van der Waals surface area contributed by atoms with Crippen LogP contribution in [0.4, 0.5) is 4.39 Å². The molecule has 3 heterocycles. The van der Waals surface area contributed by atoms with Crippen LogP contribution in [0.3, 0.4) is 0 Å². The molecule has 128 valence electrons. The van der Waals surface area contributed by atoms with E-state index in [1.807, 2.05) is 4.90 Å². The summed E-state index contributed by atoms with van der Waals surface area (Å²) in [4.78, 5) is 17.8. The van der Waals surface area contributed by atoms with E-state index in [2.05, 4.69) is 15.2 Å². The van der Waals surface area contributed by atoms with Gasteiger partial charge in [-0.2, -0.15) is 5.10 Å². The first kappa shape index (κ1) is 14.7. The van der Waals surface area contributed by atoms with Gasteiger partial charge in [0, 0.05) is 47.6 Å². The Morgan fingerprint density at radius 2 is 2.20 bits per heavy atom. The predicted molar refractivity (Wildman–Crippen MR) is 91.9 cm³/mol. The van der Waals surface area contributed by atoms with Gasteiger partial charge in [-0.1, -0.05) is 12.5 Å². The van der Waals surface area contributed by atoms with E-state index in [4.69, 9.17) is 0 Å². The molecule has 1 aliphatic heterocycles. The molecule has 1 amide bonds. The van der Waals surface area contributed by atoms with Crippen LogP contribution < -0.4 is 0 Å². The summed E-state index contributed by atoms with van der Waals surface area (Å²) in [5.41, 5.74) is 4.58. The van der Waals surface area contributed by atoms with Gasteiger partial charge in [0.25, 0.3) is 5.91 Å². The number of aromatic nitrogens is 3. The lowest BCUT2D eigenvalue weighted by molar-refractivity contribution is 0.0728. The van der Waals surface area contributed by atoms with Crippen LogP contribution in [0.5, 0.6) is 0 Å². The van der Waals surface area contributed by atoms with Crippen LogP contribution in [-0.2, 0) is 13.0 Å². The number of nitrogens with zero attached hydrogens (tertiary/aromatic N) is 2. The van der Waals surface area contributed by atoms with Crippen molar-refractivity contribution in [3.8, 4) is 0 Å². The van der Waals surface area contributed by atoms with Crippen molar-refractivity contribution in [2.24, 2.45) is 0 Å². The molecule has 6 heteroatoms. The summed E-state index contributed by atoms with van der Waals surface area (Å²) in [6.07, 6.45) is 4.42. The van der Waals surface area contributed by atoms with Crippen LogP contribution in [-0.4, -0.2) is 32.5 Å². The number of H-pyrrole nitrogens is 2. The molecule has 1 aliphatic carbocycles.